The molecule has 14 nitrogen and oxygen atoms in total. The van der Waals surface area contributed by atoms with Crippen LogP contribution in [0.2, 0.25) is 5.02 Å². The van der Waals surface area contributed by atoms with Crippen LogP contribution in [0.5, 0.6) is 0 Å². The van der Waals surface area contributed by atoms with Crippen molar-refractivity contribution in [2.24, 2.45) is 16.2 Å². The van der Waals surface area contributed by atoms with Crippen LogP contribution in [-0.4, -0.2) is 133 Å². The first-order chi connectivity index (χ1) is 29.4. The van der Waals surface area contributed by atoms with Crippen LogP contribution in [0.4, 0.5) is 11.4 Å². The third-order valence-corrected chi connectivity index (χ3v) is 16.4. The highest BCUT2D eigenvalue weighted by Gasteiger charge is 2.63. The summed E-state index contributed by atoms with van der Waals surface area (Å²) in [6.45, 7) is 8.06. The van der Waals surface area contributed by atoms with Gasteiger partial charge in [0.15, 0.2) is 0 Å². The number of nitriles is 1. The number of rotatable bonds is 6. The molecule has 2 bridgehead atoms. The van der Waals surface area contributed by atoms with Gasteiger partial charge in [-0.15, -0.1) is 0 Å². The second-order valence-electron chi connectivity index (χ2n) is 19.2. The summed E-state index contributed by atoms with van der Waals surface area (Å²) in [5.41, 5.74) is 2.34. The van der Waals surface area contributed by atoms with Crippen molar-refractivity contribution in [1.82, 2.24) is 24.9 Å². The molecule has 10 rings (SSSR count). The lowest BCUT2D eigenvalue weighted by Gasteiger charge is -2.44. The van der Waals surface area contributed by atoms with Gasteiger partial charge in [0.2, 0.25) is 23.6 Å². The first-order valence-electron chi connectivity index (χ1n) is 22.3. The van der Waals surface area contributed by atoms with Gasteiger partial charge in [-0.1, -0.05) is 11.6 Å². The van der Waals surface area contributed by atoms with Gasteiger partial charge < -0.3 is 19.6 Å². The number of hydrogen-bond acceptors (Lipinski definition) is 10. The molecule has 1 spiro atoms. The summed E-state index contributed by atoms with van der Waals surface area (Å²) in [6.07, 6.45) is 9.03. The van der Waals surface area contributed by atoms with E-state index in [4.69, 9.17) is 11.6 Å². The number of amides is 6. The van der Waals surface area contributed by atoms with Crippen LogP contribution in [0, 0.1) is 27.6 Å². The van der Waals surface area contributed by atoms with Gasteiger partial charge in [0.1, 0.15) is 12.1 Å². The number of piperidine rings is 3. The van der Waals surface area contributed by atoms with E-state index in [-0.39, 0.29) is 35.6 Å². The van der Waals surface area contributed by atoms with Crippen molar-refractivity contribution in [3.05, 3.63) is 58.1 Å². The summed E-state index contributed by atoms with van der Waals surface area (Å²) < 4.78 is 0. The number of imide groups is 2. The molecular weight excluding hydrogens is 796 g/mol. The molecule has 0 radical (unpaired) electrons. The van der Waals surface area contributed by atoms with E-state index in [9.17, 15) is 34.0 Å². The third-order valence-electron chi connectivity index (χ3n) is 16.1. The maximum Gasteiger partial charge on any atom is 0.262 e. The topological polar surface area (TPSA) is 158 Å². The largest absolute Gasteiger partial charge is 0.371 e. The lowest BCUT2D eigenvalue weighted by molar-refractivity contribution is -0.144. The Kier molecular flexibility index (Phi) is 9.94. The summed E-state index contributed by atoms with van der Waals surface area (Å²) in [7, 11) is 0. The molecule has 2 saturated carbocycles. The van der Waals surface area contributed by atoms with E-state index < -0.39 is 40.5 Å². The number of halogens is 1. The molecule has 15 heteroatoms. The lowest BCUT2D eigenvalue weighted by atomic mass is 9.76. The van der Waals surface area contributed by atoms with Crippen LogP contribution in [0.15, 0.2) is 36.4 Å². The fourth-order valence-electron chi connectivity index (χ4n) is 12.4. The monoisotopic (exact) mass is 848 g/mol. The highest BCUT2D eigenvalue weighted by molar-refractivity contribution is 6.32. The lowest BCUT2D eigenvalue weighted by Crippen LogP contribution is -2.56. The Hall–Kier alpha value is -5.00. The molecule has 2 aliphatic carbocycles. The number of carbonyl (C=O) groups excluding carboxylic acids is 6. The second-order valence-corrected chi connectivity index (χ2v) is 19.6. The molecule has 1 N–H and O–H groups in total. The Morgan fingerprint density at radius 3 is 1.93 bits per heavy atom. The number of piperazine rings is 1. The summed E-state index contributed by atoms with van der Waals surface area (Å²) in [4.78, 5) is 91.7. The van der Waals surface area contributed by atoms with E-state index >= 15 is 0 Å². The molecule has 1 atom stereocenters. The van der Waals surface area contributed by atoms with Gasteiger partial charge in [-0.25, -0.2) is 0 Å². The van der Waals surface area contributed by atoms with Crippen molar-refractivity contribution in [2.45, 2.75) is 89.1 Å². The Morgan fingerprint density at radius 2 is 1.30 bits per heavy atom. The summed E-state index contributed by atoms with van der Waals surface area (Å²) in [5.74, 6) is -1.48. The number of hydrogen-bond donors (Lipinski definition) is 1. The summed E-state index contributed by atoms with van der Waals surface area (Å²) in [6, 6.07) is 12.5. The minimum absolute atomic E-state index is 0.0847. The zero-order valence-electron chi connectivity index (χ0n) is 34.6. The number of fused-ring (bicyclic) bond motifs is 3. The molecule has 5 saturated heterocycles. The molecule has 6 aliphatic heterocycles. The Balaban J connectivity index is 0.692. The molecule has 7 fully saturated rings. The Bertz CT molecular complexity index is 2240. The minimum Gasteiger partial charge on any atom is -0.371 e. The number of anilines is 2. The van der Waals surface area contributed by atoms with Gasteiger partial charge >= 0.3 is 0 Å². The number of benzene rings is 2. The summed E-state index contributed by atoms with van der Waals surface area (Å²) >= 11 is 6.35. The fraction of sp³-hybridized carbons (Fsp3) is 0.587. The highest BCUT2D eigenvalue weighted by Crippen LogP contribution is 2.63. The van der Waals surface area contributed by atoms with Gasteiger partial charge in [-0.2, -0.15) is 5.26 Å². The van der Waals surface area contributed by atoms with Gasteiger partial charge in [0, 0.05) is 89.3 Å². The predicted molar refractivity (Wildman–Crippen MR) is 226 cm³/mol. The average molecular weight is 849 g/mol. The van der Waals surface area contributed by atoms with E-state index in [2.05, 4.69) is 35.9 Å². The first-order valence-corrected chi connectivity index (χ1v) is 22.7. The fourth-order valence-corrected chi connectivity index (χ4v) is 12.6. The van der Waals surface area contributed by atoms with Gasteiger partial charge in [0.25, 0.3) is 11.8 Å². The highest BCUT2D eigenvalue weighted by atomic mass is 35.5. The maximum absolute atomic E-state index is 14.3. The van der Waals surface area contributed by atoms with Crippen molar-refractivity contribution < 1.29 is 28.8 Å². The quantitative estimate of drug-likeness (QED) is 0.418. The number of nitrogens with zero attached hydrogens (tertiary/aromatic N) is 7. The summed E-state index contributed by atoms with van der Waals surface area (Å²) in [5, 5.41) is 12.0. The molecular formula is C46H53ClN8O6. The van der Waals surface area contributed by atoms with Gasteiger partial charge in [-0.3, -0.25) is 43.9 Å². The molecule has 8 aliphatic rings. The molecule has 2 aromatic rings. The van der Waals surface area contributed by atoms with Crippen LogP contribution < -0.4 is 15.1 Å². The van der Waals surface area contributed by atoms with Crippen molar-refractivity contribution in [3.8, 4) is 6.07 Å². The van der Waals surface area contributed by atoms with Crippen molar-refractivity contribution in [2.75, 3.05) is 75.2 Å². The molecule has 6 heterocycles. The van der Waals surface area contributed by atoms with Crippen molar-refractivity contribution in [1.29, 1.82) is 5.26 Å². The van der Waals surface area contributed by atoms with E-state index in [1.165, 1.54) is 0 Å². The molecule has 1 unspecified atom stereocenters. The van der Waals surface area contributed by atoms with Crippen molar-refractivity contribution in [3.63, 3.8) is 0 Å². The SMILES string of the molecule is N#Cc1ccc(N2CCC3(CCN(C(=O)C45CCC(C(=O)N6CCN(C7CCN(c8ccc9c(c8)C(=O)N(C8CCC(=O)NC8=O)C9=O)CC7)CC6)(CC4)C5)CC3)C2)cc1Cl. The number of carbonyl (C=O) groups is 6. The zero-order valence-corrected chi connectivity index (χ0v) is 35.4. The second kappa shape index (κ2) is 15.1. The predicted octanol–water partition coefficient (Wildman–Crippen LogP) is 4.20. The smallest absolute Gasteiger partial charge is 0.262 e. The van der Waals surface area contributed by atoms with Crippen LogP contribution >= 0.6 is 11.6 Å². The van der Waals surface area contributed by atoms with Gasteiger partial charge in [0.05, 0.1) is 32.5 Å². The zero-order chi connectivity index (χ0) is 42.3. The maximum atomic E-state index is 14.3. The number of nitrogens with one attached hydrogen (secondary N) is 1. The normalized spacial score (nSPS) is 29.1. The van der Waals surface area contributed by atoms with E-state index in [0.29, 0.717) is 41.7 Å². The van der Waals surface area contributed by atoms with Crippen LogP contribution in [0.3, 0.4) is 0 Å². The van der Waals surface area contributed by atoms with Gasteiger partial charge in [-0.05, 0) is 112 Å². The first kappa shape index (κ1) is 40.1. The molecule has 6 amide bonds. The van der Waals surface area contributed by atoms with E-state index in [1.54, 1.807) is 18.2 Å². The van der Waals surface area contributed by atoms with Crippen molar-refractivity contribution >= 4 is 58.4 Å². The third kappa shape index (κ3) is 6.78. The Morgan fingerprint density at radius 1 is 0.689 bits per heavy atom. The number of likely N-dealkylation sites (tertiary alicyclic amines) is 1. The average Bonchev–Trinajstić information content (AvgIpc) is 4.05. The van der Waals surface area contributed by atoms with Crippen LogP contribution in [0.25, 0.3) is 0 Å². The standard InChI is InChI=1S/C46H53ClN8O6/c47-36-26-33(2-1-30(36)27-48)54-20-15-44(29-54)13-18-52(19-14-44)42(60)45-9-11-46(28-45,12-10-45)43(61)53-23-21-51(22-24-53)31-7-16-50(17-8-31)32-3-4-34-35(25-32)41(59)55(40(34)58)37-5-6-38(56)49-39(37)57/h1-4,25-26,31,37H,5-24,28-29H2,(H,49,56,57). The molecule has 2 aromatic carbocycles. The van der Waals surface area contributed by atoms with Crippen LogP contribution in [-0.2, 0) is 19.2 Å². The van der Waals surface area contributed by atoms with Crippen LogP contribution in [0.1, 0.15) is 103 Å². The molecule has 0 aromatic heterocycles. The minimum atomic E-state index is -0.984. The van der Waals surface area contributed by atoms with E-state index in [1.807, 2.05) is 18.2 Å². The molecule has 61 heavy (non-hydrogen) atoms. The Labute approximate surface area is 361 Å². The van der Waals surface area contributed by atoms with E-state index in [0.717, 1.165) is 126 Å². The molecule has 320 valence electrons.